The summed E-state index contributed by atoms with van der Waals surface area (Å²) in [6.07, 6.45) is 3.46. The molecular formula is C13H11ClN4S. The van der Waals surface area contributed by atoms with E-state index in [1.807, 2.05) is 17.4 Å². The van der Waals surface area contributed by atoms with Gasteiger partial charge in [-0.25, -0.2) is 0 Å². The minimum atomic E-state index is 0.288. The third-order valence-electron chi connectivity index (χ3n) is 3.62. The zero-order valence-electron chi connectivity index (χ0n) is 10.1. The molecule has 3 aromatic rings. The standard InChI is InChI=1S/C13H11ClN4S/c14-11-4-5-12-15-16-13(18(12)17-11)9-2-1-3-10-8(9)6-7-19-10/h4-7,9H,1-3H2. The Kier molecular flexibility index (Phi) is 2.56. The van der Waals surface area contributed by atoms with Crippen LogP contribution in [0.25, 0.3) is 5.65 Å². The molecule has 0 N–H and O–H groups in total. The van der Waals surface area contributed by atoms with E-state index >= 15 is 0 Å². The van der Waals surface area contributed by atoms with Crippen molar-refractivity contribution in [3.63, 3.8) is 0 Å². The lowest BCUT2D eigenvalue weighted by Crippen LogP contribution is -2.12. The molecule has 0 radical (unpaired) electrons. The van der Waals surface area contributed by atoms with E-state index in [0.717, 1.165) is 17.9 Å². The van der Waals surface area contributed by atoms with Crippen LogP contribution < -0.4 is 0 Å². The summed E-state index contributed by atoms with van der Waals surface area (Å²) in [4.78, 5) is 1.47. The van der Waals surface area contributed by atoms with Crippen molar-refractivity contribution in [3.8, 4) is 0 Å². The summed E-state index contributed by atoms with van der Waals surface area (Å²) in [5.41, 5.74) is 2.13. The fraction of sp³-hybridized carbons (Fsp3) is 0.308. The molecule has 0 aliphatic heterocycles. The van der Waals surface area contributed by atoms with Gasteiger partial charge in [-0.2, -0.15) is 9.61 Å². The maximum absolute atomic E-state index is 5.98. The Morgan fingerprint density at radius 1 is 1.26 bits per heavy atom. The minimum Gasteiger partial charge on any atom is -0.195 e. The summed E-state index contributed by atoms with van der Waals surface area (Å²) in [5.74, 6) is 1.19. The number of fused-ring (bicyclic) bond motifs is 2. The lowest BCUT2D eigenvalue weighted by atomic mass is 9.87. The summed E-state index contributed by atoms with van der Waals surface area (Å²) < 4.78 is 1.78. The predicted octanol–water partition coefficient (Wildman–Crippen LogP) is 3.31. The molecule has 0 saturated heterocycles. The highest BCUT2D eigenvalue weighted by Gasteiger charge is 2.27. The largest absolute Gasteiger partial charge is 0.195 e. The van der Waals surface area contributed by atoms with Crippen LogP contribution in [-0.2, 0) is 6.42 Å². The van der Waals surface area contributed by atoms with Crippen LogP contribution in [0, 0.1) is 0 Å². The van der Waals surface area contributed by atoms with Gasteiger partial charge in [0.2, 0.25) is 0 Å². The van der Waals surface area contributed by atoms with Crippen molar-refractivity contribution < 1.29 is 0 Å². The first-order valence-corrected chi connectivity index (χ1v) is 7.53. The molecule has 0 saturated carbocycles. The Morgan fingerprint density at radius 2 is 2.21 bits per heavy atom. The van der Waals surface area contributed by atoms with E-state index in [0.29, 0.717) is 5.15 Å². The zero-order chi connectivity index (χ0) is 12.8. The highest BCUT2D eigenvalue weighted by atomic mass is 35.5. The van der Waals surface area contributed by atoms with Gasteiger partial charge in [-0.15, -0.1) is 21.5 Å². The smallest absolute Gasteiger partial charge is 0.178 e. The monoisotopic (exact) mass is 290 g/mol. The fourth-order valence-electron chi connectivity index (χ4n) is 2.76. The molecule has 0 bridgehead atoms. The number of rotatable bonds is 1. The summed E-state index contributed by atoms with van der Waals surface area (Å²) in [6.45, 7) is 0. The molecule has 4 nitrogen and oxygen atoms in total. The third kappa shape index (κ3) is 1.76. The van der Waals surface area contributed by atoms with Gasteiger partial charge >= 0.3 is 0 Å². The lowest BCUT2D eigenvalue weighted by Gasteiger charge is -2.20. The molecular weight excluding hydrogens is 280 g/mol. The Labute approximate surface area is 119 Å². The van der Waals surface area contributed by atoms with E-state index in [4.69, 9.17) is 11.6 Å². The normalized spacial score (nSPS) is 18.7. The maximum Gasteiger partial charge on any atom is 0.178 e. The number of aromatic nitrogens is 4. The molecule has 1 unspecified atom stereocenters. The zero-order valence-corrected chi connectivity index (χ0v) is 11.7. The van der Waals surface area contributed by atoms with Gasteiger partial charge in [-0.3, -0.25) is 0 Å². The molecule has 1 atom stereocenters. The van der Waals surface area contributed by atoms with Crippen LogP contribution in [0.2, 0.25) is 5.15 Å². The fourth-order valence-corrected chi connectivity index (χ4v) is 3.88. The first-order chi connectivity index (χ1) is 9.33. The van der Waals surface area contributed by atoms with Gasteiger partial charge < -0.3 is 0 Å². The highest BCUT2D eigenvalue weighted by molar-refractivity contribution is 7.10. The summed E-state index contributed by atoms with van der Waals surface area (Å²) in [5, 5.41) is 15.5. The molecule has 0 amide bonds. The molecule has 3 aromatic heterocycles. The van der Waals surface area contributed by atoms with Crippen molar-refractivity contribution >= 4 is 28.6 Å². The lowest BCUT2D eigenvalue weighted by molar-refractivity contribution is 0.583. The number of thiophene rings is 1. The SMILES string of the molecule is Clc1ccc2nnc(C3CCCc4sccc43)n2n1. The summed E-state index contributed by atoms with van der Waals surface area (Å²) in [6, 6.07) is 5.80. The third-order valence-corrected chi connectivity index (χ3v) is 4.82. The van der Waals surface area contributed by atoms with Gasteiger partial charge in [0, 0.05) is 10.8 Å². The molecule has 0 aromatic carbocycles. The van der Waals surface area contributed by atoms with Crippen molar-refractivity contribution in [2.45, 2.75) is 25.2 Å². The van der Waals surface area contributed by atoms with Gasteiger partial charge in [-0.05, 0) is 48.4 Å². The average molecular weight is 291 g/mol. The van der Waals surface area contributed by atoms with Crippen molar-refractivity contribution in [1.29, 1.82) is 0 Å². The first kappa shape index (κ1) is 11.4. The summed E-state index contributed by atoms with van der Waals surface area (Å²) in [7, 11) is 0. The molecule has 0 fully saturated rings. The first-order valence-electron chi connectivity index (χ1n) is 6.27. The van der Waals surface area contributed by atoms with E-state index in [-0.39, 0.29) is 5.92 Å². The van der Waals surface area contributed by atoms with Gasteiger partial charge in [0.1, 0.15) is 5.15 Å². The molecule has 0 spiro atoms. The molecule has 96 valence electrons. The average Bonchev–Trinajstić information content (AvgIpc) is 3.03. The number of hydrogen-bond donors (Lipinski definition) is 0. The van der Waals surface area contributed by atoms with E-state index in [1.54, 1.807) is 10.6 Å². The van der Waals surface area contributed by atoms with Crippen LogP contribution in [0.1, 0.15) is 35.0 Å². The Hall–Kier alpha value is -1.46. The topological polar surface area (TPSA) is 43.1 Å². The molecule has 19 heavy (non-hydrogen) atoms. The molecule has 3 heterocycles. The van der Waals surface area contributed by atoms with Crippen molar-refractivity contribution in [3.05, 3.63) is 45.0 Å². The van der Waals surface area contributed by atoms with Crippen LogP contribution >= 0.6 is 22.9 Å². The number of aryl methyl sites for hydroxylation is 1. The van der Waals surface area contributed by atoms with Crippen molar-refractivity contribution in [1.82, 2.24) is 19.8 Å². The van der Waals surface area contributed by atoms with Crippen LogP contribution in [0.15, 0.2) is 23.6 Å². The van der Waals surface area contributed by atoms with Gasteiger partial charge in [0.25, 0.3) is 0 Å². The number of nitrogens with zero attached hydrogens (tertiary/aromatic N) is 4. The minimum absolute atomic E-state index is 0.288. The Balaban J connectivity index is 1.90. The van der Waals surface area contributed by atoms with Crippen LogP contribution in [0.4, 0.5) is 0 Å². The predicted molar refractivity (Wildman–Crippen MR) is 74.9 cm³/mol. The Morgan fingerprint density at radius 3 is 3.16 bits per heavy atom. The van der Waals surface area contributed by atoms with Crippen molar-refractivity contribution in [2.75, 3.05) is 0 Å². The second-order valence-electron chi connectivity index (χ2n) is 4.73. The van der Waals surface area contributed by atoms with Gasteiger partial charge in [0.05, 0.1) is 0 Å². The second kappa shape index (κ2) is 4.28. The molecule has 6 heteroatoms. The van der Waals surface area contributed by atoms with Crippen LogP contribution in [-0.4, -0.2) is 19.8 Å². The summed E-state index contributed by atoms with van der Waals surface area (Å²) >= 11 is 7.81. The van der Waals surface area contributed by atoms with E-state index in [9.17, 15) is 0 Å². The quantitative estimate of drug-likeness (QED) is 0.690. The van der Waals surface area contributed by atoms with E-state index in [2.05, 4.69) is 26.7 Å². The van der Waals surface area contributed by atoms with Crippen LogP contribution in [0.3, 0.4) is 0 Å². The number of halogens is 1. The van der Waals surface area contributed by atoms with Gasteiger partial charge in [0.15, 0.2) is 11.5 Å². The van der Waals surface area contributed by atoms with E-state index in [1.165, 1.54) is 23.3 Å². The highest BCUT2D eigenvalue weighted by Crippen LogP contribution is 2.38. The van der Waals surface area contributed by atoms with E-state index < -0.39 is 0 Å². The molecule has 4 rings (SSSR count). The van der Waals surface area contributed by atoms with Gasteiger partial charge in [-0.1, -0.05) is 11.6 Å². The molecule has 1 aliphatic rings. The van der Waals surface area contributed by atoms with Crippen molar-refractivity contribution in [2.24, 2.45) is 0 Å². The molecule has 1 aliphatic carbocycles. The van der Waals surface area contributed by atoms with Crippen LogP contribution in [0.5, 0.6) is 0 Å². The Bertz CT molecular complexity index is 748. The second-order valence-corrected chi connectivity index (χ2v) is 6.12. The number of hydrogen-bond acceptors (Lipinski definition) is 4. The maximum atomic E-state index is 5.98.